The van der Waals surface area contributed by atoms with Gasteiger partial charge in [0.15, 0.2) is 0 Å². The van der Waals surface area contributed by atoms with Gasteiger partial charge in [-0.1, -0.05) is 25.5 Å². The SMILES string of the molecule is CC(C)=C[C@@H]1[C@H](C(=O)N2CCCC[C@@H]2CC(N)=O)C1(C)C. The number of nitrogens with two attached hydrogens (primary N) is 1. The highest BCUT2D eigenvalue weighted by Crippen LogP contribution is 2.60. The van der Waals surface area contributed by atoms with Crippen LogP contribution in [0.2, 0.25) is 0 Å². The quantitative estimate of drug-likeness (QED) is 0.809. The van der Waals surface area contributed by atoms with Gasteiger partial charge >= 0.3 is 0 Å². The van der Waals surface area contributed by atoms with Crippen molar-refractivity contribution in [1.82, 2.24) is 4.90 Å². The van der Waals surface area contributed by atoms with Crippen LogP contribution in [0.15, 0.2) is 11.6 Å². The largest absolute Gasteiger partial charge is 0.370 e. The summed E-state index contributed by atoms with van der Waals surface area (Å²) >= 11 is 0. The fourth-order valence-electron chi connectivity index (χ4n) is 3.73. The lowest BCUT2D eigenvalue weighted by atomic mass is 9.97. The molecule has 4 heteroatoms. The minimum absolute atomic E-state index is 0.00695. The molecule has 0 aromatic rings. The van der Waals surface area contributed by atoms with Crippen molar-refractivity contribution < 1.29 is 9.59 Å². The molecule has 21 heavy (non-hydrogen) atoms. The number of likely N-dealkylation sites (tertiary alicyclic amines) is 1. The van der Waals surface area contributed by atoms with Crippen molar-refractivity contribution in [2.45, 2.75) is 59.4 Å². The van der Waals surface area contributed by atoms with E-state index in [9.17, 15) is 9.59 Å². The molecule has 2 N–H and O–H groups in total. The van der Waals surface area contributed by atoms with Crippen LogP contribution in [0.5, 0.6) is 0 Å². The summed E-state index contributed by atoms with van der Waals surface area (Å²) in [6.45, 7) is 9.24. The Labute approximate surface area is 127 Å². The smallest absolute Gasteiger partial charge is 0.227 e. The lowest BCUT2D eigenvalue weighted by molar-refractivity contribution is -0.138. The highest BCUT2D eigenvalue weighted by Gasteiger charge is 2.61. The monoisotopic (exact) mass is 292 g/mol. The van der Waals surface area contributed by atoms with Crippen molar-refractivity contribution in [1.29, 1.82) is 0 Å². The fourth-order valence-corrected chi connectivity index (χ4v) is 3.73. The van der Waals surface area contributed by atoms with Crippen LogP contribution in [0.4, 0.5) is 0 Å². The molecule has 0 unspecified atom stereocenters. The van der Waals surface area contributed by atoms with Gasteiger partial charge in [-0.25, -0.2) is 0 Å². The molecule has 1 heterocycles. The minimum Gasteiger partial charge on any atom is -0.370 e. The second kappa shape index (κ2) is 5.82. The van der Waals surface area contributed by atoms with Crippen LogP contribution in [-0.2, 0) is 9.59 Å². The molecule has 1 saturated heterocycles. The molecule has 2 aliphatic rings. The van der Waals surface area contributed by atoms with Crippen LogP contribution < -0.4 is 5.73 Å². The molecule has 1 aliphatic heterocycles. The summed E-state index contributed by atoms with van der Waals surface area (Å²) < 4.78 is 0. The van der Waals surface area contributed by atoms with Gasteiger partial charge in [0, 0.05) is 19.0 Å². The summed E-state index contributed by atoms with van der Waals surface area (Å²) in [5.74, 6) is 0.288. The third-order valence-corrected chi connectivity index (χ3v) is 5.04. The van der Waals surface area contributed by atoms with Crippen LogP contribution in [0.1, 0.15) is 53.4 Å². The summed E-state index contributed by atoms with van der Waals surface area (Å²) in [6, 6.07) is 0.00695. The third-order valence-electron chi connectivity index (χ3n) is 5.04. The van der Waals surface area contributed by atoms with Crippen molar-refractivity contribution in [3.63, 3.8) is 0 Å². The van der Waals surface area contributed by atoms with Crippen LogP contribution in [0.3, 0.4) is 0 Å². The van der Waals surface area contributed by atoms with E-state index in [1.807, 2.05) is 4.90 Å². The van der Waals surface area contributed by atoms with E-state index in [2.05, 4.69) is 33.8 Å². The summed E-state index contributed by atoms with van der Waals surface area (Å²) in [7, 11) is 0. The Hall–Kier alpha value is -1.32. The molecule has 1 aliphatic carbocycles. The van der Waals surface area contributed by atoms with Gasteiger partial charge in [-0.2, -0.15) is 0 Å². The molecule has 2 amide bonds. The Morgan fingerprint density at radius 2 is 1.95 bits per heavy atom. The van der Waals surface area contributed by atoms with Gasteiger partial charge in [-0.05, 0) is 44.4 Å². The lowest BCUT2D eigenvalue weighted by Gasteiger charge is -2.35. The molecule has 0 spiro atoms. The number of nitrogens with zero attached hydrogens (tertiary/aromatic N) is 1. The van der Waals surface area contributed by atoms with Gasteiger partial charge in [-0.15, -0.1) is 0 Å². The number of hydrogen-bond donors (Lipinski definition) is 1. The summed E-state index contributed by atoms with van der Waals surface area (Å²) in [5, 5.41) is 0. The molecular formula is C17H28N2O2. The maximum Gasteiger partial charge on any atom is 0.227 e. The molecule has 2 rings (SSSR count). The molecule has 0 radical (unpaired) electrons. The van der Waals surface area contributed by atoms with E-state index < -0.39 is 0 Å². The highest BCUT2D eigenvalue weighted by molar-refractivity contribution is 5.85. The Morgan fingerprint density at radius 3 is 2.52 bits per heavy atom. The van der Waals surface area contributed by atoms with Gasteiger partial charge in [0.25, 0.3) is 0 Å². The Bertz CT molecular complexity index is 463. The van der Waals surface area contributed by atoms with E-state index in [0.717, 1.165) is 25.8 Å². The first kappa shape index (κ1) is 16.1. The first-order chi connectivity index (χ1) is 9.75. The van der Waals surface area contributed by atoms with E-state index in [1.54, 1.807) is 0 Å². The summed E-state index contributed by atoms with van der Waals surface area (Å²) in [6.07, 6.45) is 5.52. The molecule has 3 atom stereocenters. The van der Waals surface area contributed by atoms with E-state index in [4.69, 9.17) is 5.73 Å². The van der Waals surface area contributed by atoms with Gasteiger partial charge in [0.1, 0.15) is 0 Å². The normalized spacial score (nSPS) is 30.7. The van der Waals surface area contributed by atoms with Crippen molar-refractivity contribution in [3.05, 3.63) is 11.6 Å². The maximum absolute atomic E-state index is 12.9. The van der Waals surface area contributed by atoms with Crippen LogP contribution >= 0.6 is 0 Å². The summed E-state index contributed by atoms with van der Waals surface area (Å²) in [4.78, 5) is 26.1. The molecular weight excluding hydrogens is 264 g/mol. The number of hydrogen-bond acceptors (Lipinski definition) is 2. The van der Waals surface area contributed by atoms with Crippen LogP contribution in [0.25, 0.3) is 0 Å². The molecule has 2 fully saturated rings. The minimum atomic E-state index is -0.310. The summed E-state index contributed by atoms with van der Waals surface area (Å²) in [5.41, 5.74) is 6.63. The molecule has 0 aromatic carbocycles. The number of carbonyl (C=O) groups is 2. The number of carbonyl (C=O) groups excluding carboxylic acids is 2. The van der Waals surface area contributed by atoms with Crippen LogP contribution in [-0.4, -0.2) is 29.3 Å². The third kappa shape index (κ3) is 3.30. The first-order valence-electron chi connectivity index (χ1n) is 7.99. The number of rotatable bonds is 4. The Kier molecular flexibility index (Phi) is 4.45. The van der Waals surface area contributed by atoms with E-state index in [1.165, 1.54) is 5.57 Å². The van der Waals surface area contributed by atoms with E-state index in [0.29, 0.717) is 12.3 Å². The molecule has 4 nitrogen and oxygen atoms in total. The Morgan fingerprint density at radius 1 is 1.29 bits per heavy atom. The van der Waals surface area contributed by atoms with Gasteiger partial charge in [0.05, 0.1) is 5.92 Å². The van der Waals surface area contributed by atoms with Gasteiger partial charge in [-0.3, -0.25) is 9.59 Å². The lowest BCUT2D eigenvalue weighted by Crippen LogP contribution is -2.46. The fraction of sp³-hybridized carbons (Fsp3) is 0.765. The molecule has 0 aromatic heterocycles. The van der Waals surface area contributed by atoms with Crippen molar-refractivity contribution in [2.75, 3.05) is 6.54 Å². The zero-order valence-corrected chi connectivity index (χ0v) is 13.7. The number of primary amides is 1. The van der Waals surface area contributed by atoms with Crippen molar-refractivity contribution >= 4 is 11.8 Å². The second-order valence-electron chi connectivity index (χ2n) is 7.42. The standard InChI is InChI=1S/C17H28N2O2/c1-11(2)9-13-15(17(13,3)4)16(21)19-8-6-5-7-12(19)10-14(18)20/h9,12-13,15H,5-8,10H2,1-4H3,(H2,18,20)/t12-,13-,15-/m1/s1. The highest BCUT2D eigenvalue weighted by atomic mass is 16.2. The zero-order valence-electron chi connectivity index (χ0n) is 13.7. The average molecular weight is 292 g/mol. The average Bonchev–Trinajstić information content (AvgIpc) is 2.89. The zero-order chi connectivity index (χ0) is 15.8. The number of allylic oxidation sites excluding steroid dienone is 2. The van der Waals surface area contributed by atoms with E-state index >= 15 is 0 Å². The predicted octanol–water partition coefficient (Wildman–Crippen LogP) is 2.48. The van der Waals surface area contributed by atoms with Crippen molar-refractivity contribution in [3.8, 4) is 0 Å². The second-order valence-corrected chi connectivity index (χ2v) is 7.42. The predicted molar refractivity (Wildman–Crippen MR) is 83.4 cm³/mol. The molecule has 0 bridgehead atoms. The first-order valence-corrected chi connectivity index (χ1v) is 7.99. The topological polar surface area (TPSA) is 63.4 Å². The molecule has 118 valence electrons. The Balaban J connectivity index is 2.11. The molecule has 1 saturated carbocycles. The van der Waals surface area contributed by atoms with Crippen LogP contribution in [0, 0.1) is 17.3 Å². The van der Waals surface area contributed by atoms with Crippen molar-refractivity contribution in [2.24, 2.45) is 23.0 Å². The van der Waals surface area contributed by atoms with Gasteiger partial charge < -0.3 is 10.6 Å². The van der Waals surface area contributed by atoms with E-state index in [-0.39, 0.29) is 29.2 Å². The number of amides is 2. The maximum atomic E-state index is 12.9. The number of piperidine rings is 1. The van der Waals surface area contributed by atoms with Gasteiger partial charge in [0.2, 0.25) is 11.8 Å².